The van der Waals surface area contributed by atoms with Crippen molar-refractivity contribution in [1.82, 2.24) is 0 Å². The van der Waals surface area contributed by atoms with Gasteiger partial charge in [0.15, 0.2) is 0 Å². The number of rotatable bonds is 3. The summed E-state index contributed by atoms with van der Waals surface area (Å²) in [4.78, 5) is -0.430. The van der Waals surface area contributed by atoms with Gasteiger partial charge in [0.05, 0.1) is 16.3 Å². The molecule has 0 radical (unpaired) electrons. The Morgan fingerprint density at radius 2 is 1.64 bits per heavy atom. The van der Waals surface area contributed by atoms with Crippen molar-refractivity contribution in [3.05, 3.63) is 60.4 Å². The normalized spacial score (nSPS) is 11.6. The monoisotopic (exact) mass is 367 g/mol. The predicted octanol–water partition coefficient (Wildman–Crippen LogP) is 0.885. The molecule has 0 saturated carbocycles. The van der Waals surface area contributed by atoms with Crippen LogP contribution in [0, 0.1) is 5.82 Å². The van der Waals surface area contributed by atoms with Gasteiger partial charge in [-0.3, -0.25) is 0 Å². The zero-order chi connectivity index (χ0) is 17.3. The van der Waals surface area contributed by atoms with Crippen LogP contribution in [0.5, 0.6) is 0 Å². The number of nitrogens with two attached hydrogens (primary N) is 1. The molecule has 0 aromatic heterocycles. The maximum Gasteiger partial charge on any atom is 1.00 e. The van der Waals surface area contributed by atoms with E-state index in [1.54, 1.807) is 18.2 Å². The van der Waals surface area contributed by atoms with Gasteiger partial charge in [-0.05, 0) is 18.2 Å². The first kappa shape index (κ1) is 19.5. The smallest absolute Gasteiger partial charge is 0.744 e. The van der Waals surface area contributed by atoms with Gasteiger partial charge in [0, 0.05) is 16.8 Å². The Balaban J connectivity index is 0.00000225. The second kappa shape index (κ2) is 7.59. The standard InChI is InChI=1S/C16H12FN3O3S.Na/c17-10-4-3-5-11(8-10)19-20-14-9-15(24(21,22)23)12-6-1-2-7-13(12)16(14)18;/h1-9H,18H2,(H,21,22,23);/q;+1/p-1. The molecule has 0 fully saturated rings. The number of benzene rings is 3. The van der Waals surface area contributed by atoms with Crippen molar-refractivity contribution in [2.24, 2.45) is 10.2 Å². The van der Waals surface area contributed by atoms with Gasteiger partial charge < -0.3 is 10.3 Å². The van der Waals surface area contributed by atoms with Gasteiger partial charge in [-0.1, -0.05) is 30.3 Å². The Bertz CT molecular complexity index is 1070. The van der Waals surface area contributed by atoms with Crippen molar-refractivity contribution >= 4 is 38.0 Å². The van der Waals surface area contributed by atoms with Crippen LogP contribution in [-0.4, -0.2) is 13.0 Å². The predicted molar refractivity (Wildman–Crippen MR) is 86.9 cm³/mol. The largest absolute Gasteiger partial charge is 1.00 e. The van der Waals surface area contributed by atoms with Crippen molar-refractivity contribution in [3.8, 4) is 0 Å². The van der Waals surface area contributed by atoms with Gasteiger partial charge in [0.25, 0.3) is 0 Å². The van der Waals surface area contributed by atoms with Gasteiger partial charge in [-0.2, -0.15) is 5.11 Å². The van der Waals surface area contributed by atoms with E-state index in [-0.39, 0.29) is 52.0 Å². The topological polar surface area (TPSA) is 108 Å². The molecule has 0 heterocycles. The fourth-order valence-corrected chi connectivity index (χ4v) is 2.99. The zero-order valence-corrected chi connectivity index (χ0v) is 16.0. The number of nitrogen functional groups attached to an aromatic ring is 1. The summed E-state index contributed by atoms with van der Waals surface area (Å²) in [5, 5.41) is 8.30. The van der Waals surface area contributed by atoms with Crippen LogP contribution in [0.4, 0.5) is 21.5 Å². The van der Waals surface area contributed by atoms with Crippen LogP contribution in [0.15, 0.2) is 69.7 Å². The fourth-order valence-electron chi connectivity index (χ4n) is 2.29. The number of hydrogen-bond donors (Lipinski definition) is 1. The van der Waals surface area contributed by atoms with E-state index >= 15 is 0 Å². The van der Waals surface area contributed by atoms with E-state index in [2.05, 4.69) is 10.2 Å². The Hall–Kier alpha value is -1.84. The maximum atomic E-state index is 13.2. The molecule has 2 N–H and O–H groups in total. The molecule has 0 atom stereocenters. The molecule has 0 unspecified atom stereocenters. The van der Waals surface area contributed by atoms with Crippen LogP contribution in [0.3, 0.4) is 0 Å². The fraction of sp³-hybridized carbons (Fsp3) is 0. The van der Waals surface area contributed by atoms with Gasteiger partial charge in [-0.25, -0.2) is 12.8 Å². The second-order valence-electron chi connectivity index (χ2n) is 4.99. The third-order valence-electron chi connectivity index (χ3n) is 3.38. The molecule has 3 aromatic carbocycles. The third kappa shape index (κ3) is 4.23. The molecular formula is C16H11FN3NaO3S. The van der Waals surface area contributed by atoms with Crippen molar-refractivity contribution in [2.45, 2.75) is 4.90 Å². The van der Waals surface area contributed by atoms with Crippen molar-refractivity contribution in [1.29, 1.82) is 0 Å². The van der Waals surface area contributed by atoms with Crippen LogP contribution in [0.25, 0.3) is 10.8 Å². The van der Waals surface area contributed by atoms with Crippen LogP contribution >= 0.6 is 0 Å². The van der Waals surface area contributed by atoms with E-state index in [9.17, 15) is 17.4 Å². The van der Waals surface area contributed by atoms with Gasteiger partial charge >= 0.3 is 29.6 Å². The Morgan fingerprint density at radius 3 is 2.28 bits per heavy atom. The Labute approximate surface area is 165 Å². The number of hydrogen-bond acceptors (Lipinski definition) is 6. The molecule has 0 aliphatic rings. The third-order valence-corrected chi connectivity index (χ3v) is 4.25. The number of fused-ring (bicyclic) bond motifs is 1. The molecular weight excluding hydrogens is 356 g/mol. The molecule has 6 nitrogen and oxygen atoms in total. The van der Waals surface area contributed by atoms with Gasteiger partial charge in [-0.15, -0.1) is 5.11 Å². The molecule has 0 spiro atoms. The molecule has 25 heavy (non-hydrogen) atoms. The minimum absolute atomic E-state index is 0. The summed E-state index contributed by atoms with van der Waals surface area (Å²) in [7, 11) is -4.73. The van der Waals surface area contributed by atoms with Crippen molar-refractivity contribution in [2.75, 3.05) is 5.73 Å². The summed E-state index contributed by atoms with van der Waals surface area (Å²) >= 11 is 0. The first-order valence-electron chi connectivity index (χ1n) is 6.81. The first-order valence-corrected chi connectivity index (χ1v) is 8.21. The van der Waals surface area contributed by atoms with E-state index in [0.717, 1.165) is 12.1 Å². The van der Waals surface area contributed by atoms with Gasteiger partial charge in [0.2, 0.25) is 0 Å². The van der Waals surface area contributed by atoms with Gasteiger partial charge in [0.1, 0.15) is 21.6 Å². The minimum atomic E-state index is -4.73. The number of anilines is 1. The average Bonchev–Trinajstić information content (AvgIpc) is 2.53. The molecule has 0 aliphatic heterocycles. The van der Waals surface area contributed by atoms with E-state index in [0.29, 0.717) is 5.39 Å². The summed E-state index contributed by atoms with van der Waals surface area (Å²) in [5.41, 5.74) is 6.43. The van der Waals surface area contributed by atoms with Crippen LogP contribution < -0.4 is 35.3 Å². The summed E-state index contributed by atoms with van der Waals surface area (Å²) in [5.74, 6) is -0.485. The summed E-state index contributed by atoms with van der Waals surface area (Å²) < 4.78 is 47.7. The van der Waals surface area contributed by atoms with Crippen LogP contribution in [0.1, 0.15) is 0 Å². The molecule has 9 heteroatoms. The van der Waals surface area contributed by atoms with E-state index in [4.69, 9.17) is 5.73 Å². The number of nitrogens with zero attached hydrogens (tertiary/aromatic N) is 2. The summed E-state index contributed by atoms with van der Waals surface area (Å²) in [6, 6.07) is 12.8. The maximum absolute atomic E-state index is 13.2. The van der Waals surface area contributed by atoms with Crippen LogP contribution in [0.2, 0.25) is 0 Å². The molecule has 3 rings (SSSR count). The molecule has 0 amide bonds. The average molecular weight is 367 g/mol. The molecule has 0 bridgehead atoms. The molecule has 3 aromatic rings. The summed E-state index contributed by atoms with van der Waals surface area (Å²) in [6.07, 6.45) is 0. The quantitative estimate of drug-likeness (QED) is 0.321. The summed E-state index contributed by atoms with van der Waals surface area (Å²) in [6.45, 7) is 0. The molecule has 0 aliphatic carbocycles. The second-order valence-corrected chi connectivity index (χ2v) is 6.34. The zero-order valence-electron chi connectivity index (χ0n) is 13.2. The molecule has 122 valence electrons. The SMILES string of the molecule is Nc1c(N=Nc2cccc(F)c2)cc(S(=O)(=O)[O-])c2ccccc12.[Na+]. The number of halogens is 1. The van der Waals surface area contributed by atoms with Crippen molar-refractivity contribution < 1.29 is 46.9 Å². The van der Waals surface area contributed by atoms with E-state index < -0.39 is 20.8 Å². The Morgan fingerprint density at radius 1 is 0.960 bits per heavy atom. The Kier molecular flexibility index (Phi) is 5.91. The molecule has 0 saturated heterocycles. The van der Waals surface area contributed by atoms with Crippen LogP contribution in [-0.2, 0) is 10.1 Å². The minimum Gasteiger partial charge on any atom is -0.744 e. The van der Waals surface area contributed by atoms with Crippen molar-refractivity contribution in [3.63, 3.8) is 0 Å². The number of azo groups is 1. The van der Waals surface area contributed by atoms with E-state index in [1.807, 2.05) is 0 Å². The van der Waals surface area contributed by atoms with E-state index in [1.165, 1.54) is 24.3 Å². The first-order chi connectivity index (χ1) is 11.4.